The third-order valence-corrected chi connectivity index (χ3v) is 19.1. The average Bonchev–Trinajstić information content (AvgIpc) is 4.16. The van der Waals surface area contributed by atoms with Crippen molar-refractivity contribution in [3.63, 3.8) is 0 Å². The molecular formula is C63H82N2O13. The van der Waals surface area contributed by atoms with Crippen LogP contribution in [0.3, 0.4) is 0 Å². The van der Waals surface area contributed by atoms with Gasteiger partial charge in [-0.1, -0.05) is 62.8 Å². The van der Waals surface area contributed by atoms with Crippen LogP contribution in [0.15, 0.2) is 85.4 Å². The van der Waals surface area contributed by atoms with Crippen molar-refractivity contribution in [1.82, 2.24) is 4.57 Å². The number of benzene rings is 2. The lowest BCUT2D eigenvalue weighted by Crippen LogP contribution is -2.71. The fraction of sp³-hybridized carbons (Fsp3) is 0.619. The summed E-state index contributed by atoms with van der Waals surface area (Å²) in [5, 5.41) is 92.2. The first-order chi connectivity index (χ1) is 37.7. The molecule has 2 aromatic carbocycles. The molecule has 15 heteroatoms. The van der Waals surface area contributed by atoms with Gasteiger partial charge < -0.3 is 64.0 Å². The maximum Gasteiger partial charge on any atom is 0.335 e. The molecule has 15 nitrogen and oxygen atoms in total. The first-order valence-electron chi connectivity index (χ1n) is 28.6. The molecule has 78 heavy (non-hydrogen) atoms. The lowest BCUT2D eigenvalue weighted by molar-refractivity contribution is -0.337. The van der Waals surface area contributed by atoms with Gasteiger partial charge in [-0.15, -0.1) is 6.58 Å². The third kappa shape index (κ3) is 11.4. The highest BCUT2D eigenvalue weighted by Gasteiger charge is 2.69. The fourth-order valence-corrected chi connectivity index (χ4v) is 15.5. The number of rotatable bonds is 21. The summed E-state index contributed by atoms with van der Waals surface area (Å²) >= 11 is 0. The summed E-state index contributed by atoms with van der Waals surface area (Å²) in [4.78, 5) is 11.8. The van der Waals surface area contributed by atoms with Crippen LogP contribution in [-0.2, 0) is 38.2 Å². The van der Waals surface area contributed by atoms with E-state index in [0.29, 0.717) is 68.4 Å². The Labute approximate surface area is 459 Å². The van der Waals surface area contributed by atoms with Crippen LogP contribution in [-0.4, -0.2) is 121 Å². The van der Waals surface area contributed by atoms with Crippen LogP contribution in [0.1, 0.15) is 148 Å². The molecule has 10 rings (SSSR count). The number of aliphatic hydroxyl groups is 6. The van der Waals surface area contributed by atoms with Crippen molar-refractivity contribution in [3.8, 4) is 23.8 Å². The molecule has 7 N–H and O–H groups in total. The number of carboxylic acids is 1. The topological polar surface area (TPSA) is 234 Å². The molecule has 0 radical (unpaired) electrons. The van der Waals surface area contributed by atoms with Gasteiger partial charge in [-0.2, -0.15) is 5.26 Å². The smallest absolute Gasteiger partial charge is 0.335 e. The molecule has 7 aliphatic rings. The number of aliphatic hydroxyl groups excluding tert-OH is 5. The van der Waals surface area contributed by atoms with Crippen molar-refractivity contribution in [3.05, 3.63) is 113 Å². The summed E-state index contributed by atoms with van der Waals surface area (Å²) in [6, 6.07) is 16.3. The Bertz CT molecular complexity index is 2680. The zero-order valence-electron chi connectivity index (χ0n) is 45.5. The summed E-state index contributed by atoms with van der Waals surface area (Å²) in [5.74, 6) is 2.21. The highest BCUT2D eigenvalue weighted by atomic mass is 16.7. The molecule has 14 atom stereocenters. The van der Waals surface area contributed by atoms with Gasteiger partial charge in [0, 0.05) is 51.3 Å². The second kappa shape index (κ2) is 24.7. The number of carboxylic acid groups (broad SMARTS) is 1. The fourth-order valence-electron chi connectivity index (χ4n) is 15.5. The minimum absolute atomic E-state index is 0.0110. The number of nitrogens with zero attached hydrogens (tertiary/aromatic N) is 2. The van der Waals surface area contributed by atoms with E-state index in [2.05, 4.69) is 37.7 Å². The molecule has 3 aliphatic carbocycles. The van der Waals surface area contributed by atoms with E-state index in [4.69, 9.17) is 23.7 Å². The number of methoxy groups -OCH3 is 1. The van der Waals surface area contributed by atoms with E-state index in [1.807, 2.05) is 41.0 Å². The van der Waals surface area contributed by atoms with E-state index in [1.165, 1.54) is 0 Å². The zero-order chi connectivity index (χ0) is 55.2. The molecule has 422 valence electrons. The highest BCUT2D eigenvalue weighted by molar-refractivity contribution is 5.87. The normalized spacial score (nSPS) is 32.7. The van der Waals surface area contributed by atoms with Crippen LogP contribution in [0.5, 0.6) is 5.75 Å². The van der Waals surface area contributed by atoms with Gasteiger partial charge in [0.1, 0.15) is 42.3 Å². The first-order valence-corrected chi connectivity index (χ1v) is 28.6. The van der Waals surface area contributed by atoms with Crippen molar-refractivity contribution in [2.45, 2.75) is 183 Å². The van der Waals surface area contributed by atoms with E-state index in [0.717, 1.165) is 61.6 Å². The maximum atomic E-state index is 13.6. The lowest BCUT2D eigenvalue weighted by Gasteiger charge is -2.55. The van der Waals surface area contributed by atoms with Crippen LogP contribution >= 0.6 is 0 Å². The molecule has 4 aliphatic heterocycles. The summed E-state index contributed by atoms with van der Waals surface area (Å²) in [6.45, 7) is 6.07. The molecule has 4 fully saturated rings. The second-order valence-corrected chi connectivity index (χ2v) is 23.7. The minimum atomic E-state index is -1.84. The Morgan fingerprint density at radius 1 is 1.04 bits per heavy atom. The Kier molecular flexibility index (Phi) is 18.2. The number of aromatic nitrogens is 1. The highest BCUT2D eigenvalue weighted by Crippen LogP contribution is 2.70. The van der Waals surface area contributed by atoms with Gasteiger partial charge in [-0.05, 0) is 159 Å². The number of fused-ring (bicyclic) bond motifs is 8. The SMILES string of the molecule is C=CCc1ccc(O[C@H]2O[C@H]3[C@@H](O)[C@H](O)[C@]24C[C@@H]([C@@H](O)CC#CO[C@H]3CCCO)[C@@]2(C=C(CCCCC)O4)CC[C@@H]3C4(CCCC4)[C@H](Cc4ccc(C(=O)O)cc4)C[C@@]3(O)C2)cc1C[C@H](COC)[C@@H](CO)n1ccc(C#N)c1. The maximum absolute atomic E-state index is 13.6. The largest absolute Gasteiger partial charge is 0.482 e. The average molecular weight is 1080 g/mol. The number of hydrogen-bond acceptors (Lipinski definition) is 13. The predicted molar refractivity (Wildman–Crippen MR) is 291 cm³/mol. The molecule has 1 aromatic heterocycles. The Morgan fingerprint density at radius 2 is 1.83 bits per heavy atom. The molecule has 1 saturated heterocycles. The summed E-state index contributed by atoms with van der Waals surface area (Å²) in [5.41, 5.74) is -0.385. The lowest BCUT2D eigenvalue weighted by atomic mass is 9.53. The van der Waals surface area contributed by atoms with Crippen LogP contribution in [0.2, 0.25) is 0 Å². The molecular weight excluding hydrogens is 993 g/mol. The number of carbonyl (C=O) groups is 1. The molecule has 3 saturated carbocycles. The van der Waals surface area contributed by atoms with E-state index in [1.54, 1.807) is 37.7 Å². The molecule has 0 amide bonds. The second-order valence-electron chi connectivity index (χ2n) is 23.7. The number of hydrogen-bond donors (Lipinski definition) is 7. The van der Waals surface area contributed by atoms with Gasteiger partial charge in [0.15, 0.2) is 5.60 Å². The molecule has 0 unspecified atom stereocenters. The van der Waals surface area contributed by atoms with Crippen molar-refractivity contribution < 1.29 is 64.2 Å². The van der Waals surface area contributed by atoms with Gasteiger partial charge in [-0.3, -0.25) is 0 Å². The van der Waals surface area contributed by atoms with Crippen LogP contribution < -0.4 is 4.74 Å². The van der Waals surface area contributed by atoms with Gasteiger partial charge in [0.25, 0.3) is 0 Å². The zero-order valence-corrected chi connectivity index (χ0v) is 45.5. The van der Waals surface area contributed by atoms with Crippen molar-refractivity contribution in [2.24, 2.45) is 34.5 Å². The van der Waals surface area contributed by atoms with Crippen LogP contribution in [0.4, 0.5) is 0 Å². The standard InChI is InChI=1S/C63H82N2O13/c1-4-6-7-13-49-34-60(26-22-54-61(24-8-9-25-61)47(33-62(54,73)40-60)30-41-16-18-44(19-17-41)58(71)72)50-35-63(78-49)57(70)55(69)56(53(15-10-28-66)75-29-11-14-52(50)68)77-59(63)76-48-21-20-43(12-5-2)45(32-48)31-46(39-74-3)51(38-67)65-27-23-42(36-64)37-65/h5,16-21,23,27,32,34,37,46-47,50-57,59,66-70,73H,2,4,6-10,12-15,22,24-26,28,30-31,33,35,38-40H2,1,3H3,(H,71,72)/t46-,47-,50+,51-,52+,53+,54-,55-,56-,57+,59+,60-,62-,63-/m1/s1. The van der Waals surface area contributed by atoms with Crippen molar-refractivity contribution in [1.29, 1.82) is 5.26 Å². The number of aromatic carboxylic acids is 1. The Balaban J connectivity index is 1.13. The minimum Gasteiger partial charge on any atom is -0.482 e. The van der Waals surface area contributed by atoms with Gasteiger partial charge in [-0.25, -0.2) is 4.79 Å². The van der Waals surface area contributed by atoms with E-state index < -0.39 is 71.4 Å². The first kappa shape index (κ1) is 57.5. The summed E-state index contributed by atoms with van der Waals surface area (Å²) in [7, 11) is 1.61. The van der Waals surface area contributed by atoms with Gasteiger partial charge in [0.2, 0.25) is 6.29 Å². The molecule has 3 spiro atoms. The van der Waals surface area contributed by atoms with E-state index in [-0.39, 0.29) is 74.2 Å². The summed E-state index contributed by atoms with van der Waals surface area (Å²) in [6.07, 6.45) is 13.9. The predicted octanol–water partition coefficient (Wildman–Crippen LogP) is 8.11. The Hall–Kier alpha value is -5.20. The molecule has 3 bridgehead atoms. The molecule has 5 heterocycles. The van der Waals surface area contributed by atoms with Gasteiger partial charge >= 0.3 is 5.97 Å². The Morgan fingerprint density at radius 3 is 2.53 bits per heavy atom. The molecule has 3 aromatic rings. The monoisotopic (exact) mass is 1070 g/mol. The number of ether oxygens (including phenoxy) is 5. The number of nitriles is 1. The summed E-state index contributed by atoms with van der Waals surface area (Å²) < 4.78 is 35.3. The van der Waals surface area contributed by atoms with Crippen LogP contribution in [0.25, 0.3) is 0 Å². The number of allylic oxidation sites excluding steroid dienone is 3. The quantitative estimate of drug-likeness (QED) is 0.0304. The van der Waals surface area contributed by atoms with Crippen molar-refractivity contribution >= 4 is 5.97 Å². The van der Waals surface area contributed by atoms with Crippen molar-refractivity contribution in [2.75, 3.05) is 26.9 Å². The van der Waals surface area contributed by atoms with E-state index in [9.17, 15) is 45.8 Å². The van der Waals surface area contributed by atoms with E-state index >= 15 is 0 Å². The van der Waals surface area contributed by atoms with Gasteiger partial charge in [0.05, 0.1) is 47.8 Å². The third-order valence-electron chi connectivity index (χ3n) is 19.1. The number of unbranched alkanes of at least 4 members (excludes halogenated alkanes) is 2. The van der Waals surface area contributed by atoms with Crippen LogP contribution in [0, 0.1) is 57.9 Å².